The van der Waals surface area contributed by atoms with Crippen LogP contribution in [0, 0.1) is 6.92 Å². The molecule has 8 heteroatoms. The number of nitrogens with two attached hydrogens (primary N) is 1. The largest absolute Gasteiger partial charge is 0.368 e. The molecule has 2 aromatic heterocycles. The zero-order chi connectivity index (χ0) is 12.3. The summed E-state index contributed by atoms with van der Waals surface area (Å²) in [5, 5.41) is 6.81. The van der Waals surface area contributed by atoms with E-state index < -0.39 is 0 Å². The molecule has 0 bridgehead atoms. The summed E-state index contributed by atoms with van der Waals surface area (Å²) >= 11 is 3.33. The molecule has 0 amide bonds. The molecular weight excluding hydrogens is 288 g/mol. The van der Waals surface area contributed by atoms with Crippen molar-refractivity contribution in [2.45, 2.75) is 13.3 Å². The number of aromatic nitrogens is 4. The Kier molecular flexibility index (Phi) is 3.52. The monoisotopic (exact) mass is 298 g/mol. The van der Waals surface area contributed by atoms with Gasteiger partial charge in [0, 0.05) is 19.2 Å². The van der Waals surface area contributed by atoms with E-state index >= 15 is 0 Å². The third kappa shape index (κ3) is 3.13. The highest BCUT2D eigenvalue weighted by molar-refractivity contribution is 9.10. The Bertz CT molecular complexity index is 514. The van der Waals surface area contributed by atoms with Crippen molar-refractivity contribution in [2.24, 2.45) is 0 Å². The van der Waals surface area contributed by atoms with Gasteiger partial charge in [-0.2, -0.15) is 9.97 Å². The molecule has 0 aliphatic carbocycles. The number of hydrogen-bond acceptors (Lipinski definition) is 7. The normalized spacial score (nSPS) is 10.5. The molecule has 0 aliphatic heterocycles. The summed E-state index contributed by atoms with van der Waals surface area (Å²) in [6.07, 6.45) is 2.22. The van der Waals surface area contributed by atoms with Crippen LogP contribution in [0.25, 0.3) is 0 Å². The number of aryl methyl sites for hydroxylation is 1. The molecule has 0 saturated carbocycles. The summed E-state index contributed by atoms with van der Waals surface area (Å²) in [6, 6.07) is 0. The van der Waals surface area contributed by atoms with Crippen molar-refractivity contribution in [3.63, 3.8) is 0 Å². The first-order valence-corrected chi connectivity index (χ1v) is 5.75. The van der Waals surface area contributed by atoms with Crippen LogP contribution in [-0.4, -0.2) is 26.7 Å². The van der Waals surface area contributed by atoms with Gasteiger partial charge in [-0.25, -0.2) is 4.98 Å². The lowest BCUT2D eigenvalue weighted by atomic mass is 10.4. The molecule has 0 aliphatic rings. The smallest absolute Gasteiger partial charge is 0.228 e. The molecule has 17 heavy (non-hydrogen) atoms. The fourth-order valence-electron chi connectivity index (χ4n) is 1.23. The van der Waals surface area contributed by atoms with Crippen LogP contribution in [0.5, 0.6) is 0 Å². The Morgan fingerprint density at radius 3 is 3.00 bits per heavy atom. The van der Waals surface area contributed by atoms with E-state index in [0.717, 1.165) is 4.47 Å². The zero-order valence-electron chi connectivity index (χ0n) is 9.14. The number of nitrogens with zero attached hydrogens (tertiary/aromatic N) is 4. The van der Waals surface area contributed by atoms with Crippen LogP contribution in [-0.2, 0) is 6.42 Å². The average Bonchev–Trinajstić information content (AvgIpc) is 2.69. The van der Waals surface area contributed by atoms with E-state index in [1.54, 1.807) is 13.1 Å². The van der Waals surface area contributed by atoms with Gasteiger partial charge < -0.3 is 15.6 Å². The van der Waals surface area contributed by atoms with Gasteiger partial charge in [0.25, 0.3) is 0 Å². The Morgan fingerprint density at radius 2 is 2.29 bits per heavy atom. The lowest BCUT2D eigenvalue weighted by molar-refractivity contribution is 0.377. The first-order valence-electron chi connectivity index (χ1n) is 4.96. The predicted octanol–water partition coefficient (Wildman–Crippen LogP) is 1.17. The van der Waals surface area contributed by atoms with Crippen LogP contribution >= 0.6 is 15.9 Å². The number of anilines is 2. The molecule has 0 spiro atoms. The molecule has 0 fully saturated rings. The van der Waals surface area contributed by atoms with Gasteiger partial charge in [0.05, 0.1) is 4.47 Å². The minimum atomic E-state index is 0.226. The van der Waals surface area contributed by atoms with E-state index in [9.17, 15) is 0 Å². The van der Waals surface area contributed by atoms with Gasteiger partial charge in [-0.3, -0.25) is 0 Å². The highest BCUT2D eigenvalue weighted by Gasteiger charge is 2.05. The van der Waals surface area contributed by atoms with Crippen molar-refractivity contribution in [1.82, 2.24) is 20.1 Å². The fourth-order valence-corrected chi connectivity index (χ4v) is 1.57. The van der Waals surface area contributed by atoms with Crippen molar-refractivity contribution in [1.29, 1.82) is 0 Å². The van der Waals surface area contributed by atoms with Crippen molar-refractivity contribution < 1.29 is 4.52 Å². The van der Waals surface area contributed by atoms with Gasteiger partial charge in [0.15, 0.2) is 5.82 Å². The highest BCUT2D eigenvalue weighted by Crippen LogP contribution is 2.18. The van der Waals surface area contributed by atoms with Gasteiger partial charge in [0.2, 0.25) is 11.8 Å². The van der Waals surface area contributed by atoms with Crippen LogP contribution in [0.15, 0.2) is 15.2 Å². The predicted molar refractivity (Wildman–Crippen MR) is 65.4 cm³/mol. The Morgan fingerprint density at radius 1 is 1.47 bits per heavy atom. The van der Waals surface area contributed by atoms with Crippen LogP contribution in [0.4, 0.5) is 11.8 Å². The lowest BCUT2D eigenvalue weighted by Gasteiger charge is -2.05. The molecule has 3 N–H and O–H groups in total. The van der Waals surface area contributed by atoms with Gasteiger partial charge in [-0.05, 0) is 22.9 Å². The van der Waals surface area contributed by atoms with Crippen molar-refractivity contribution >= 4 is 27.7 Å². The highest BCUT2D eigenvalue weighted by atomic mass is 79.9. The molecule has 2 rings (SSSR count). The number of hydrogen-bond donors (Lipinski definition) is 2. The summed E-state index contributed by atoms with van der Waals surface area (Å²) in [6.45, 7) is 2.40. The van der Waals surface area contributed by atoms with Crippen molar-refractivity contribution in [2.75, 3.05) is 17.6 Å². The number of halogens is 1. The SMILES string of the molecule is Cc1noc(CCNc2nc(N)ncc2Br)n1. The van der Waals surface area contributed by atoms with E-state index in [-0.39, 0.29) is 5.95 Å². The molecule has 0 atom stereocenters. The van der Waals surface area contributed by atoms with Crippen LogP contribution < -0.4 is 11.1 Å². The summed E-state index contributed by atoms with van der Waals surface area (Å²) in [5.41, 5.74) is 5.49. The standard InChI is InChI=1S/C9H11BrN6O/c1-5-14-7(17-16-5)2-3-12-8-6(10)4-13-9(11)15-8/h4H,2-3H2,1H3,(H3,11,12,13,15). The van der Waals surface area contributed by atoms with E-state index in [4.69, 9.17) is 10.3 Å². The zero-order valence-corrected chi connectivity index (χ0v) is 10.7. The minimum absolute atomic E-state index is 0.226. The van der Waals surface area contributed by atoms with Crippen molar-refractivity contribution in [3.05, 3.63) is 22.4 Å². The quantitative estimate of drug-likeness (QED) is 0.873. The second kappa shape index (κ2) is 5.09. The second-order valence-corrected chi connectivity index (χ2v) is 4.19. The van der Waals surface area contributed by atoms with Crippen molar-refractivity contribution in [3.8, 4) is 0 Å². The Balaban J connectivity index is 1.91. The summed E-state index contributed by atoms with van der Waals surface area (Å²) < 4.78 is 5.74. The maximum absolute atomic E-state index is 5.49. The first kappa shape index (κ1) is 11.8. The fraction of sp³-hybridized carbons (Fsp3) is 0.333. The van der Waals surface area contributed by atoms with Gasteiger partial charge >= 0.3 is 0 Å². The van der Waals surface area contributed by atoms with Crippen LogP contribution in [0.2, 0.25) is 0 Å². The first-order chi connectivity index (χ1) is 8.15. The van der Waals surface area contributed by atoms with Crippen LogP contribution in [0.3, 0.4) is 0 Å². The molecule has 0 aromatic carbocycles. The van der Waals surface area contributed by atoms with E-state index in [1.165, 1.54) is 0 Å². The molecule has 0 radical (unpaired) electrons. The Hall–Kier alpha value is -1.70. The summed E-state index contributed by atoms with van der Waals surface area (Å²) in [7, 11) is 0. The maximum atomic E-state index is 5.49. The molecule has 7 nitrogen and oxygen atoms in total. The minimum Gasteiger partial charge on any atom is -0.368 e. The van der Waals surface area contributed by atoms with Gasteiger partial charge in [0.1, 0.15) is 5.82 Å². The second-order valence-electron chi connectivity index (χ2n) is 3.34. The third-order valence-electron chi connectivity index (χ3n) is 1.96. The number of nitrogen functional groups attached to an aromatic ring is 1. The molecule has 90 valence electrons. The summed E-state index contributed by atoms with van der Waals surface area (Å²) in [5.74, 6) is 2.10. The summed E-state index contributed by atoms with van der Waals surface area (Å²) in [4.78, 5) is 12.0. The van der Waals surface area contributed by atoms with E-state index in [0.29, 0.717) is 30.5 Å². The Labute approximate surface area is 106 Å². The molecular formula is C9H11BrN6O. The molecule has 0 saturated heterocycles. The van der Waals surface area contributed by atoms with Gasteiger partial charge in [-0.1, -0.05) is 5.16 Å². The molecule has 2 heterocycles. The number of nitrogens with one attached hydrogen (secondary N) is 1. The maximum Gasteiger partial charge on any atom is 0.228 e. The van der Waals surface area contributed by atoms with Crippen LogP contribution in [0.1, 0.15) is 11.7 Å². The van der Waals surface area contributed by atoms with E-state index in [2.05, 4.69) is 41.4 Å². The topological polar surface area (TPSA) is 103 Å². The average molecular weight is 299 g/mol. The number of rotatable bonds is 4. The molecule has 2 aromatic rings. The third-order valence-corrected chi connectivity index (χ3v) is 2.54. The molecule has 0 unspecified atom stereocenters. The van der Waals surface area contributed by atoms with Gasteiger partial charge in [-0.15, -0.1) is 0 Å². The lowest BCUT2D eigenvalue weighted by Crippen LogP contribution is -2.08. The van der Waals surface area contributed by atoms with E-state index in [1.807, 2.05) is 0 Å².